The molecule has 0 unspecified atom stereocenters. The van der Waals surface area contributed by atoms with Crippen molar-refractivity contribution in [3.63, 3.8) is 0 Å². The lowest BCUT2D eigenvalue weighted by Gasteiger charge is -2.35. The number of phenolic OH excluding ortho intramolecular Hbond substituents is 1. The Morgan fingerprint density at radius 2 is 1.56 bits per heavy atom. The Kier molecular flexibility index (Phi) is 7.07. The lowest BCUT2D eigenvalue weighted by Crippen LogP contribution is -2.46. The molecular formula is C27H29FN2O2. The average Bonchev–Trinajstić information content (AvgIpc) is 2.83. The third-order valence-electron chi connectivity index (χ3n) is 5.87. The number of ether oxygens (including phenoxy) is 1. The van der Waals surface area contributed by atoms with Crippen molar-refractivity contribution < 1.29 is 14.2 Å². The number of methoxy groups -OCH3 is 1. The summed E-state index contributed by atoms with van der Waals surface area (Å²) in [5.41, 5.74) is 4.61. The topological polar surface area (TPSA) is 35.9 Å². The number of phenols is 1. The van der Waals surface area contributed by atoms with Gasteiger partial charge in [0.05, 0.1) is 7.11 Å². The van der Waals surface area contributed by atoms with Gasteiger partial charge in [-0.1, -0.05) is 42.5 Å². The maximum atomic E-state index is 13.1. The van der Waals surface area contributed by atoms with Crippen LogP contribution in [0.1, 0.15) is 16.7 Å². The summed E-state index contributed by atoms with van der Waals surface area (Å²) in [6.07, 6.45) is 5.04. The van der Waals surface area contributed by atoms with Gasteiger partial charge in [0.15, 0.2) is 11.5 Å². The van der Waals surface area contributed by atoms with Crippen LogP contribution < -0.4 is 9.64 Å². The first-order valence-electron chi connectivity index (χ1n) is 10.9. The number of halogens is 1. The molecule has 3 aromatic rings. The van der Waals surface area contributed by atoms with Crippen LogP contribution in [0, 0.1) is 5.82 Å². The van der Waals surface area contributed by atoms with Crippen molar-refractivity contribution in [3.8, 4) is 11.5 Å². The fourth-order valence-corrected chi connectivity index (χ4v) is 3.99. The second kappa shape index (κ2) is 10.3. The summed E-state index contributed by atoms with van der Waals surface area (Å²) < 4.78 is 18.2. The third kappa shape index (κ3) is 5.68. The predicted molar refractivity (Wildman–Crippen MR) is 128 cm³/mol. The molecule has 32 heavy (non-hydrogen) atoms. The van der Waals surface area contributed by atoms with E-state index in [-0.39, 0.29) is 11.6 Å². The highest BCUT2D eigenvalue weighted by molar-refractivity contribution is 5.55. The van der Waals surface area contributed by atoms with E-state index in [0.717, 1.165) is 50.3 Å². The van der Waals surface area contributed by atoms with Crippen LogP contribution in [0.4, 0.5) is 10.1 Å². The molecule has 4 nitrogen and oxygen atoms in total. The molecule has 0 saturated carbocycles. The Labute approximate surface area is 189 Å². The molecule has 0 amide bonds. The van der Waals surface area contributed by atoms with Crippen LogP contribution in [0.2, 0.25) is 0 Å². The molecular weight excluding hydrogens is 403 g/mol. The Morgan fingerprint density at radius 1 is 0.906 bits per heavy atom. The molecule has 166 valence electrons. The standard InChI is InChI=1S/C27H29FN2O2/c1-32-27-20-21(8-13-26(27)31)3-2-14-29-15-17-30(18-16-29)25-11-6-23(7-12-25)19-22-4-9-24(28)10-5-22/h2-13,20,31H,14-19H2,1H3/b3-2+. The van der Waals surface area contributed by atoms with Crippen LogP contribution in [-0.4, -0.2) is 49.8 Å². The Morgan fingerprint density at radius 3 is 2.22 bits per heavy atom. The summed E-state index contributed by atoms with van der Waals surface area (Å²) >= 11 is 0. The third-order valence-corrected chi connectivity index (χ3v) is 5.87. The number of rotatable bonds is 7. The van der Waals surface area contributed by atoms with E-state index in [0.29, 0.717) is 5.75 Å². The first kappa shape index (κ1) is 21.9. The molecule has 0 bridgehead atoms. The van der Waals surface area contributed by atoms with Gasteiger partial charge in [-0.3, -0.25) is 4.90 Å². The molecule has 0 radical (unpaired) electrons. The Bertz CT molecular complexity index is 1040. The number of hydrogen-bond donors (Lipinski definition) is 1. The Hall–Kier alpha value is -3.31. The average molecular weight is 433 g/mol. The highest BCUT2D eigenvalue weighted by Crippen LogP contribution is 2.26. The van der Waals surface area contributed by atoms with Gasteiger partial charge in [0.25, 0.3) is 0 Å². The van der Waals surface area contributed by atoms with Gasteiger partial charge < -0.3 is 14.7 Å². The number of nitrogens with zero attached hydrogens (tertiary/aromatic N) is 2. The molecule has 0 atom stereocenters. The van der Waals surface area contributed by atoms with Gasteiger partial charge >= 0.3 is 0 Å². The van der Waals surface area contributed by atoms with Crippen molar-refractivity contribution in [1.29, 1.82) is 0 Å². The van der Waals surface area contributed by atoms with Gasteiger partial charge in [0.2, 0.25) is 0 Å². The molecule has 1 fully saturated rings. The fourth-order valence-electron chi connectivity index (χ4n) is 3.99. The minimum absolute atomic E-state index is 0.157. The normalized spacial score (nSPS) is 14.8. The molecule has 1 aliphatic heterocycles. The van der Waals surface area contributed by atoms with Gasteiger partial charge in [-0.15, -0.1) is 0 Å². The lowest BCUT2D eigenvalue weighted by atomic mass is 10.0. The summed E-state index contributed by atoms with van der Waals surface area (Å²) in [5.74, 6) is 0.452. The van der Waals surface area contributed by atoms with Gasteiger partial charge in [-0.05, 0) is 59.5 Å². The highest BCUT2D eigenvalue weighted by atomic mass is 19.1. The molecule has 5 heteroatoms. The summed E-state index contributed by atoms with van der Waals surface area (Å²) in [6, 6.07) is 20.8. The minimum Gasteiger partial charge on any atom is -0.504 e. The van der Waals surface area contributed by atoms with Crippen molar-refractivity contribution in [2.45, 2.75) is 6.42 Å². The van der Waals surface area contributed by atoms with E-state index in [9.17, 15) is 9.50 Å². The summed E-state index contributed by atoms with van der Waals surface area (Å²) in [4.78, 5) is 4.86. The molecule has 4 rings (SSSR count). The number of piperazine rings is 1. The van der Waals surface area contributed by atoms with Crippen LogP contribution >= 0.6 is 0 Å². The van der Waals surface area contributed by atoms with E-state index in [4.69, 9.17) is 4.74 Å². The monoisotopic (exact) mass is 432 g/mol. The first-order chi connectivity index (χ1) is 15.6. The van der Waals surface area contributed by atoms with E-state index in [1.165, 1.54) is 23.4 Å². The van der Waals surface area contributed by atoms with E-state index in [2.05, 4.69) is 46.2 Å². The second-order valence-corrected chi connectivity index (χ2v) is 8.09. The van der Waals surface area contributed by atoms with E-state index in [1.54, 1.807) is 13.2 Å². The largest absolute Gasteiger partial charge is 0.504 e. The molecule has 1 saturated heterocycles. The van der Waals surface area contributed by atoms with Crippen LogP contribution in [0.3, 0.4) is 0 Å². The Balaban J connectivity index is 1.25. The zero-order valence-corrected chi connectivity index (χ0v) is 18.4. The van der Waals surface area contributed by atoms with Gasteiger partial charge in [-0.2, -0.15) is 0 Å². The zero-order valence-electron chi connectivity index (χ0n) is 18.4. The summed E-state index contributed by atoms with van der Waals surface area (Å²) in [7, 11) is 1.56. The molecule has 0 aliphatic carbocycles. The number of hydrogen-bond acceptors (Lipinski definition) is 4. The predicted octanol–water partition coefficient (Wildman–Crippen LogP) is 4.97. The molecule has 0 spiro atoms. The van der Waals surface area contributed by atoms with Crippen LogP contribution in [0.5, 0.6) is 11.5 Å². The van der Waals surface area contributed by atoms with Gasteiger partial charge in [-0.25, -0.2) is 4.39 Å². The van der Waals surface area contributed by atoms with Gasteiger partial charge in [0, 0.05) is 38.4 Å². The fraction of sp³-hybridized carbons (Fsp3) is 0.259. The van der Waals surface area contributed by atoms with E-state index < -0.39 is 0 Å². The molecule has 3 aromatic carbocycles. The molecule has 1 heterocycles. The number of aromatic hydroxyl groups is 1. The zero-order chi connectivity index (χ0) is 22.3. The van der Waals surface area contributed by atoms with Crippen molar-refractivity contribution in [2.24, 2.45) is 0 Å². The SMILES string of the molecule is COc1cc(/C=C/CN2CCN(c3ccc(Cc4ccc(F)cc4)cc3)CC2)ccc1O. The molecule has 1 aliphatic rings. The first-order valence-corrected chi connectivity index (χ1v) is 10.9. The van der Waals surface area contributed by atoms with E-state index >= 15 is 0 Å². The quantitative estimate of drug-likeness (QED) is 0.572. The summed E-state index contributed by atoms with van der Waals surface area (Å²) in [5, 5.41) is 9.70. The van der Waals surface area contributed by atoms with Crippen molar-refractivity contribution >= 4 is 11.8 Å². The van der Waals surface area contributed by atoms with Crippen LogP contribution in [0.25, 0.3) is 6.08 Å². The number of benzene rings is 3. The van der Waals surface area contributed by atoms with Crippen molar-refractivity contribution in [2.75, 3.05) is 44.7 Å². The van der Waals surface area contributed by atoms with Crippen LogP contribution in [0.15, 0.2) is 72.8 Å². The smallest absolute Gasteiger partial charge is 0.161 e. The minimum atomic E-state index is -0.195. The van der Waals surface area contributed by atoms with Crippen molar-refractivity contribution in [1.82, 2.24) is 4.90 Å². The summed E-state index contributed by atoms with van der Waals surface area (Å²) in [6.45, 7) is 4.92. The van der Waals surface area contributed by atoms with Gasteiger partial charge in [0.1, 0.15) is 5.82 Å². The number of anilines is 1. The van der Waals surface area contributed by atoms with E-state index in [1.807, 2.05) is 24.3 Å². The van der Waals surface area contributed by atoms with Crippen molar-refractivity contribution in [3.05, 3.63) is 95.3 Å². The molecule has 1 N–H and O–H groups in total. The lowest BCUT2D eigenvalue weighted by molar-refractivity contribution is 0.284. The maximum Gasteiger partial charge on any atom is 0.161 e. The van der Waals surface area contributed by atoms with Crippen LogP contribution in [-0.2, 0) is 6.42 Å². The molecule has 0 aromatic heterocycles. The second-order valence-electron chi connectivity index (χ2n) is 8.09. The highest BCUT2D eigenvalue weighted by Gasteiger charge is 2.16. The maximum absolute atomic E-state index is 13.1.